The van der Waals surface area contributed by atoms with Gasteiger partial charge in [-0.3, -0.25) is 0 Å². The van der Waals surface area contributed by atoms with E-state index in [-0.39, 0.29) is 10.2 Å². The topological polar surface area (TPSA) is 121 Å². The van der Waals surface area contributed by atoms with Gasteiger partial charge >= 0.3 is 0 Å². The molecule has 4 aromatic rings. The van der Waals surface area contributed by atoms with Crippen molar-refractivity contribution in [2.45, 2.75) is 44.6 Å². The summed E-state index contributed by atoms with van der Waals surface area (Å²) in [6.45, 7) is 4.14. The average Bonchev–Trinajstić information content (AvgIpc) is 3.19. The van der Waals surface area contributed by atoms with Gasteiger partial charge in [-0.05, 0) is 37.1 Å². The highest BCUT2D eigenvalue weighted by Crippen LogP contribution is 2.20. The molecule has 12 heteroatoms. The molecule has 9 nitrogen and oxygen atoms in total. The number of aromatic nitrogens is 6. The molecular formula is C18H21Cl2N7O2S. The Bertz CT molecular complexity index is 1280. The zero-order valence-corrected chi connectivity index (χ0v) is 18.8. The van der Waals surface area contributed by atoms with Gasteiger partial charge in [-0.2, -0.15) is 14.7 Å². The van der Waals surface area contributed by atoms with Gasteiger partial charge in [0.2, 0.25) is 5.03 Å². The van der Waals surface area contributed by atoms with Gasteiger partial charge in [0.1, 0.15) is 5.15 Å². The number of sulfonamides is 1. The van der Waals surface area contributed by atoms with Gasteiger partial charge in [-0.15, -0.1) is 0 Å². The maximum absolute atomic E-state index is 11.4. The minimum absolute atomic E-state index is 0.159. The molecule has 0 fully saturated rings. The quantitative estimate of drug-likeness (QED) is 0.478. The lowest BCUT2D eigenvalue weighted by Gasteiger charge is -2.01. The van der Waals surface area contributed by atoms with Crippen LogP contribution in [0.1, 0.15) is 38.1 Å². The van der Waals surface area contributed by atoms with Gasteiger partial charge < -0.3 is 0 Å². The third-order valence-electron chi connectivity index (χ3n) is 4.08. The van der Waals surface area contributed by atoms with Crippen molar-refractivity contribution < 1.29 is 8.42 Å². The van der Waals surface area contributed by atoms with Gasteiger partial charge in [0.05, 0.1) is 17.6 Å². The lowest BCUT2D eigenvalue weighted by atomic mass is 10.2. The number of aryl methyl sites for hydroxylation is 2. The van der Waals surface area contributed by atoms with Crippen molar-refractivity contribution in [2.24, 2.45) is 5.14 Å². The Balaban J connectivity index is 0.000000177. The summed E-state index contributed by atoms with van der Waals surface area (Å²) < 4.78 is 25.7. The normalized spacial score (nSPS) is 11.6. The maximum atomic E-state index is 11.4. The molecule has 0 aliphatic carbocycles. The third kappa shape index (κ3) is 5.07. The summed E-state index contributed by atoms with van der Waals surface area (Å²) >= 11 is 11.5. The van der Waals surface area contributed by atoms with Crippen LogP contribution >= 0.6 is 23.2 Å². The number of fused-ring (bicyclic) bond motifs is 2. The van der Waals surface area contributed by atoms with E-state index in [2.05, 4.69) is 27.1 Å². The van der Waals surface area contributed by atoms with E-state index in [9.17, 15) is 8.42 Å². The maximum Gasteiger partial charge on any atom is 0.258 e. The predicted octanol–water partition coefficient (Wildman–Crippen LogP) is 3.32. The standard InChI is InChI=1S/C9H11ClN4O2S.C9H10ClN3/c1-2-3-6-4-5-7-12-8(10)9(14(7)13-6)17(11,15)16;1-2-3-7-4-5-9-11-8(10)6-13(9)12-7/h4-5H,2-3H2,1H3,(H2,11,15,16);4-6H,2-3H2,1H3. The zero-order valence-electron chi connectivity index (χ0n) is 16.5. The van der Waals surface area contributed by atoms with Crippen molar-refractivity contribution in [2.75, 3.05) is 0 Å². The van der Waals surface area contributed by atoms with Crippen LogP contribution in [0.4, 0.5) is 0 Å². The first-order chi connectivity index (χ1) is 14.2. The minimum Gasteiger partial charge on any atom is -0.223 e. The number of hydrogen-bond donors (Lipinski definition) is 1. The molecule has 0 amide bonds. The Hall–Kier alpha value is -2.27. The summed E-state index contributed by atoms with van der Waals surface area (Å²) in [7, 11) is -3.94. The average molecular weight is 470 g/mol. The van der Waals surface area contributed by atoms with E-state index in [1.165, 1.54) is 4.52 Å². The van der Waals surface area contributed by atoms with Gasteiger partial charge in [-0.1, -0.05) is 49.9 Å². The van der Waals surface area contributed by atoms with Gasteiger partial charge in [0, 0.05) is 0 Å². The smallest absolute Gasteiger partial charge is 0.223 e. The number of halogens is 2. The molecule has 0 aliphatic heterocycles. The van der Waals surface area contributed by atoms with Gasteiger partial charge in [-0.25, -0.2) is 28.0 Å². The number of imidazole rings is 2. The van der Waals surface area contributed by atoms with Crippen molar-refractivity contribution >= 4 is 44.5 Å². The highest BCUT2D eigenvalue weighted by Gasteiger charge is 2.21. The third-order valence-corrected chi connectivity index (χ3v) is 5.54. The number of primary sulfonamides is 1. The van der Waals surface area contributed by atoms with Crippen LogP contribution in [0.25, 0.3) is 11.3 Å². The van der Waals surface area contributed by atoms with Gasteiger partial charge in [0.15, 0.2) is 16.4 Å². The monoisotopic (exact) mass is 469 g/mol. The van der Waals surface area contributed by atoms with Gasteiger partial charge in [0.25, 0.3) is 10.0 Å². The molecule has 0 bridgehead atoms. The number of hydrogen-bond acceptors (Lipinski definition) is 6. The van der Waals surface area contributed by atoms with Crippen molar-refractivity contribution in [3.05, 3.63) is 52.2 Å². The summed E-state index contributed by atoms with van der Waals surface area (Å²) in [5.41, 5.74) is 2.99. The molecule has 0 spiro atoms. The molecule has 0 saturated heterocycles. The molecule has 0 radical (unpaired) electrons. The fraction of sp³-hybridized carbons (Fsp3) is 0.333. The molecule has 0 atom stereocenters. The molecule has 0 unspecified atom stereocenters. The second kappa shape index (κ2) is 9.25. The van der Waals surface area contributed by atoms with Crippen LogP contribution in [0.2, 0.25) is 10.3 Å². The summed E-state index contributed by atoms with van der Waals surface area (Å²) in [6, 6.07) is 7.37. The van der Waals surface area contributed by atoms with Crippen molar-refractivity contribution in [3.8, 4) is 0 Å². The van der Waals surface area contributed by atoms with E-state index in [0.717, 1.165) is 42.7 Å². The van der Waals surface area contributed by atoms with Crippen LogP contribution in [0, 0.1) is 0 Å². The Kier molecular flexibility index (Phi) is 6.91. The molecule has 0 aromatic carbocycles. The molecule has 4 heterocycles. The summed E-state index contributed by atoms with van der Waals surface area (Å²) in [5.74, 6) is 0. The molecule has 4 aromatic heterocycles. The van der Waals surface area contributed by atoms with Crippen LogP contribution in [-0.2, 0) is 22.9 Å². The molecular weight excluding hydrogens is 449 g/mol. The molecule has 160 valence electrons. The van der Waals surface area contributed by atoms with Crippen molar-refractivity contribution in [1.29, 1.82) is 0 Å². The Morgan fingerprint density at radius 2 is 1.53 bits per heavy atom. The van der Waals surface area contributed by atoms with E-state index in [1.807, 2.05) is 19.1 Å². The number of nitrogens with zero attached hydrogens (tertiary/aromatic N) is 6. The van der Waals surface area contributed by atoms with E-state index in [4.69, 9.17) is 28.3 Å². The summed E-state index contributed by atoms with van der Waals surface area (Å²) in [4.78, 5) is 7.97. The van der Waals surface area contributed by atoms with E-state index >= 15 is 0 Å². The largest absolute Gasteiger partial charge is 0.258 e. The molecule has 2 N–H and O–H groups in total. The van der Waals surface area contributed by atoms with Crippen LogP contribution < -0.4 is 5.14 Å². The molecule has 0 saturated carbocycles. The fourth-order valence-corrected chi connectivity index (χ4v) is 4.16. The first-order valence-corrected chi connectivity index (χ1v) is 11.6. The van der Waals surface area contributed by atoms with Crippen LogP contribution in [0.15, 0.2) is 35.5 Å². The molecule has 4 rings (SSSR count). The second-order valence-corrected chi connectivity index (χ2v) is 8.76. The first-order valence-electron chi connectivity index (χ1n) is 9.30. The first kappa shape index (κ1) is 22.4. The van der Waals surface area contributed by atoms with Crippen LogP contribution in [0.3, 0.4) is 0 Å². The molecule has 30 heavy (non-hydrogen) atoms. The van der Waals surface area contributed by atoms with E-state index < -0.39 is 10.0 Å². The zero-order chi connectivity index (χ0) is 21.9. The number of rotatable bonds is 5. The van der Waals surface area contributed by atoms with Crippen LogP contribution in [-0.4, -0.2) is 37.6 Å². The highest BCUT2D eigenvalue weighted by molar-refractivity contribution is 7.89. The van der Waals surface area contributed by atoms with Crippen molar-refractivity contribution in [3.63, 3.8) is 0 Å². The Labute approximate surface area is 183 Å². The lowest BCUT2D eigenvalue weighted by molar-refractivity contribution is 0.589. The second-order valence-electron chi connectivity index (χ2n) is 6.54. The van der Waals surface area contributed by atoms with E-state index in [1.54, 1.807) is 22.8 Å². The number of nitrogens with two attached hydrogens (primary N) is 1. The Morgan fingerprint density at radius 3 is 2.13 bits per heavy atom. The fourth-order valence-electron chi connectivity index (χ4n) is 2.83. The summed E-state index contributed by atoms with van der Waals surface area (Å²) in [5, 5.41) is 13.7. The Morgan fingerprint density at radius 1 is 0.933 bits per heavy atom. The minimum atomic E-state index is -3.94. The predicted molar refractivity (Wildman–Crippen MR) is 115 cm³/mol. The highest BCUT2D eigenvalue weighted by atomic mass is 35.5. The molecule has 0 aliphatic rings. The van der Waals surface area contributed by atoms with Crippen molar-refractivity contribution in [1.82, 2.24) is 29.2 Å². The van der Waals surface area contributed by atoms with Crippen LogP contribution in [0.5, 0.6) is 0 Å². The van der Waals surface area contributed by atoms with E-state index in [0.29, 0.717) is 10.8 Å². The lowest BCUT2D eigenvalue weighted by Crippen LogP contribution is -2.16. The summed E-state index contributed by atoms with van der Waals surface area (Å²) in [6.07, 6.45) is 5.46. The SMILES string of the molecule is CCCc1ccc2nc(Cl)c(S(N)(=O)=O)n2n1.CCCc1ccc2nc(Cl)cn2n1.